The molecule has 1 fully saturated rings. The van der Waals surface area contributed by atoms with Crippen molar-refractivity contribution in [2.45, 2.75) is 123 Å². The minimum absolute atomic E-state index is 0.0669. The van der Waals surface area contributed by atoms with Crippen LogP contribution in [-0.4, -0.2) is 25.3 Å². The van der Waals surface area contributed by atoms with Crippen LogP contribution in [0.25, 0.3) is 0 Å². The summed E-state index contributed by atoms with van der Waals surface area (Å²) in [7, 11) is 0. The zero-order valence-electron chi connectivity index (χ0n) is 17.8. The third kappa shape index (κ3) is 12.7. The molecule has 0 aliphatic carbocycles. The van der Waals surface area contributed by atoms with Crippen LogP contribution < -0.4 is 0 Å². The van der Waals surface area contributed by atoms with Crippen molar-refractivity contribution in [1.82, 2.24) is 0 Å². The summed E-state index contributed by atoms with van der Waals surface area (Å²) in [6.07, 6.45) is 20.2. The van der Waals surface area contributed by atoms with Crippen LogP contribution in [0.3, 0.4) is 0 Å². The minimum atomic E-state index is -0.355. The Balaban J connectivity index is 1.82. The van der Waals surface area contributed by atoms with Crippen molar-refractivity contribution >= 4 is 5.97 Å². The third-order valence-electron chi connectivity index (χ3n) is 5.51. The monoisotopic (exact) mass is 368 g/mol. The van der Waals surface area contributed by atoms with Gasteiger partial charge >= 0.3 is 5.97 Å². The fourth-order valence-electron chi connectivity index (χ4n) is 3.39. The molecule has 1 atom stereocenters. The van der Waals surface area contributed by atoms with Crippen LogP contribution in [0.1, 0.15) is 117 Å². The molecule has 1 aliphatic rings. The summed E-state index contributed by atoms with van der Waals surface area (Å²) < 4.78 is 10.4. The molecular formula is C23H44O3. The molecule has 3 heteroatoms. The largest absolute Gasteiger partial charge is 0.462 e. The van der Waals surface area contributed by atoms with Crippen LogP contribution in [0.15, 0.2) is 0 Å². The summed E-state index contributed by atoms with van der Waals surface area (Å²) in [6, 6.07) is 0. The van der Waals surface area contributed by atoms with E-state index in [-0.39, 0.29) is 17.5 Å². The topological polar surface area (TPSA) is 38.8 Å². The van der Waals surface area contributed by atoms with E-state index in [4.69, 9.17) is 9.47 Å². The van der Waals surface area contributed by atoms with Gasteiger partial charge in [-0.15, -0.1) is 0 Å². The maximum absolute atomic E-state index is 12.1. The quantitative estimate of drug-likeness (QED) is 0.151. The molecule has 154 valence electrons. The summed E-state index contributed by atoms with van der Waals surface area (Å²) in [5, 5.41) is 0. The Morgan fingerprint density at radius 3 is 1.69 bits per heavy atom. The standard InChI is InChI=1S/C23H44O3/c1-4-5-6-7-8-9-10-11-12-13-14-15-16-17-18-23(2,3)22(24)26-20-21-19-25-21/h21H,4-20H2,1-3H3. The summed E-state index contributed by atoms with van der Waals surface area (Å²) in [4.78, 5) is 12.1. The molecule has 3 nitrogen and oxygen atoms in total. The highest BCUT2D eigenvalue weighted by atomic mass is 16.6. The van der Waals surface area contributed by atoms with E-state index >= 15 is 0 Å². The van der Waals surface area contributed by atoms with E-state index in [2.05, 4.69) is 6.92 Å². The van der Waals surface area contributed by atoms with E-state index < -0.39 is 0 Å². The fourth-order valence-corrected chi connectivity index (χ4v) is 3.39. The molecule has 1 heterocycles. The van der Waals surface area contributed by atoms with E-state index in [1.165, 1.54) is 83.5 Å². The van der Waals surface area contributed by atoms with Crippen molar-refractivity contribution in [1.29, 1.82) is 0 Å². The van der Waals surface area contributed by atoms with Crippen molar-refractivity contribution in [3.63, 3.8) is 0 Å². The first kappa shape index (κ1) is 23.5. The Labute approximate surface area is 162 Å². The molecule has 0 amide bonds. The Kier molecular flexibility index (Phi) is 13.1. The van der Waals surface area contributed by atoms with Crippen LogP contribution >= 0.6 is 0 Å². The minimum Gasteiger partial charge on any atom is -0.462 e. The molecule has 0 aromatic heterocycles. The molecular weight excluding hydrogens is 324 g/mol. The summed E-state index contributed by atoms with van der Waals surface area (Å²) >= 11 is 0. The van der Waals surface area contributed by atoms with Crippen LogP contribution in [0.2, 0.25) is 0 Å². The number of epoxide rings is 1. The second kappa shape index (κ2) is 14.5. The van der Waals surface area contributed by atoms with Gasteiger partial charge in [-0.25, -0.2) is 0 Å². The highest BCUT2D eigenvalue weighted by molar-refractivity contribution is 5.75. The molecule has 0 aromatic rings. The molecule has 1 saturated heterocycles. The molecule has 26 heavy (non-hydrogen) atoms. The third-order valence-corrected chi connectivity index (χ3v) is 5.51. The highest BCUT2D eigenvalue weighted by Gasteiger charge is 2.31. The van der Waals surface area contributed by atoms with E-state index in [0.29, 0.717) is 6.61 Å². The average Bonchev–Trinajstić information content (AvgIpc) is 3.44. The summed E-state index contributed by atoms with van der Waals surface area (Å²) in [5.41, 5.74) is -0.355. The molecule has 0 N–H and O–H groups in total. The number of rotatable bonds is 18. The lowest BCUT2D eigenvalue weighted by atomic mass is 9.87. The molecule has 0 spiro atoms. The fraction of sp³-hybridized carbons (Fsp3) is 0.957. The first-order chi connectivity index (χ1) is 12.6. The number of ether oxygens (including phenoxy) is 2. The SMILES string of the molecule is CCCCCCCCCCCCCCCCC(C)(C)C(=O)OCC1CO1. The molecule has 1 aliphatic heterocycles. The van der Waals surface area contributed by atoms with Gasteiger partial charge in [0, 0.05) is 0 Å². The van der Waals surface area contributed by atoms with E-state index in [1.807, 2.05) is 13.8 Å². The van der Waals surface area contributed by atoms with Gasteiger partial charge in [0.2, 0.25) is 0 Å². The van der Waals surface area contributed by atoms with Crippen LogP contribution in [0.5, 0.6) is 0 Å². The Hall–Kier alpha value is -0.570. The smallest absolute Gasteiger partial charge is 0.311 e. The summed E-state index contributed by atoms with van der Waals surface area (Å²) in [5.74, 6) is -0.0669. The van der Waals surface area contributed by atoms with Crippen molar-refractivity contribution in [3.8, 4) is 0 Å². The van der Waals surface area contributed by atoms with Gasteiger partial charge in [0.1, 0.15) is 12.7 Å². The average molecular weight is 369 g/mol. The molecule has 0 aromatic carbocycles. The predicted octanol–water partition coefficient (Wildman–Crippen LogP) is 6.83. The van der Waals surface area contributed by atoms with Crippen molar-refractivity contribution in [3.05, 3.63) is 0 Å². The van der Waals surface area contributed by atoms with Gasteiger partial charge < -0.3 is 9.47 Å². The maximum Gasteiger partial charge on any atom is 0.311 e. The first-order valence-corrected chi connectivity index (χ1v) is 11.3. The van der Waals surface area contributed by atoms with Gasteiger partial charge in [-0.1, -0.05) is 96.8 Å². The van der Waals surface area contributed by atoms with Crippen LogP contribution in [0, 0.1) is 5.41 Å². The Morgan fingerprint density at radius 2 is 1.27 bits per heavy atom. The van der Waals surface area contributed by atoms with Crippen molar-refractivity contribution < 1.29 is 14.3 Å². The van der Waals surface area contributed by atoms with Crippen molar-refractivity contribution in [2.24, 2.45) is 5.41 Å². The Morgan fingerprint density at radius 1 is 0.846 bits per heavy atom. The molecule has 0 saturated carbocycles. The van der Waals surface area contributed by atoms with Gasteiger partial charge in [0.15, 0.2) is 0 Å². The van der Waals surface area contributed by atoms with Gasteiger partial charge in [0.05, 0.1) is 12.0 Å². The van der Waals surface area contributed by atoms with Gasteiger partial charge in [-0.2, -0.15) is 0 Å². The maximum atomic E-state index is 12.1. The first-order valence-electron chi connectivity index (χ1n) is 11.3. The number of unbranched alkanes of at least 4 members (excludes halogenated alkanes) is 13. The molecule has 0 radical (unpaired) electrons. The number of esters is 1. The lowest BCUT2D eigenvalue weighted by molar-refractivity contribution is -0.154. The lowest BCUT2D eigenvalue weighted by Gasteiger charge is -2.22. The van der Waals surface area contributed by atoms with E-state index in [0.717, 1.165) is 19.4 Å². The number of carbonyl (C=O) groups excluding carboxylic acids is 1. The zero-order chi connectivity index (χ0) is 19.1. The van der Waals surface area contributed by atoms with Crippen molar-refractivity contribution in [2.75, 3.05) is 13.2 Å². The normalized spacial score (nSPS) is 16.7. The second-order valence-electron chi connectivity index (χ2n) is 8.78. The molecule has 0 bridgehead atoms. The van der Waals surface area contributed by atoms with Gasteiger partial charge in [-0.3, -0.25) is 4.79 Å². The second-order valence-corrected chi connectivity index (χ2v) is 8.78. The highest BCUT2D eigenvalue weighted by Crippen LogP contribution is 2.26. The Bertz CT molecular complexity index is 347. The van der Waals surface area contributed by atoms with Gasteiger partial charge in [-0.05, 0) is 20.3 Å². The molecule has 1 unspecified atom stereocenters. The lowest BCUT2D eigenvalue weighted by Crippen LogP contribution is -2.27. The number of carbonyl (C=O) groups is 1. The number of hydrogen-bond acceptors (Lipinski definition) is 3. The van der Waals surface area contributed by atoms with E-state index in [9.17, 15) is 4.79 Å². The molecule has 1 rings (SSSR count). The van der Waals surface area contributed by atoms with Crippen LogP contribution in [0.4, 0.5) is 0 Å². The van der Waals surface area contributed by atoms with Gasteiger partial charge in [0.25, 0.3) is 0 Å². The number of hydrogen-bond donors (Lipinski definition) is 0. The predicted molar refractivity (Wildman–Crippen MR) is 109 cm³/mol. The zero-order valence-corrected chi connectivity index (χ0v) is 17.8. The van der Waals surface area contributed by atoms with E-state index in [1.54, 1.807) is 0 Å². The van der Waals surface area contributed by atoms with Crippen LogP contribution in [-0.2, 0) is 14.3 Å². The summed E-state index contributed by atoms with van der Waals surface area (Å²) in [6.45, 7) is 7.46.